The Hall–Kier alpha value is -1.92. The monoisotopic (exact) mass is 373 g/mol. The zero-order chi connectivity index (χ0) is 19.4. The van der Waals surface area contributed by atoms with E-state index < -0.39 is 0 Å². The zero-order valence-corrected chi connectivity index (χ0v) is 16.7. The van der Waals surface area contributed by atoms with Crippen molar-refractivity contribution in [2.24, 2.45) is 0 Å². The molecule has 2 saturated heterocycles. The van der Waals surface area contributed by atoms with Crippen molar-refractivity contribution in [2.75, 3.05) is 44.6 Å². The van der Waals surface area contributed by atoms with Crippen LogP contribution in [0.15, 0.2) is 24.3 Å². The lowest BCUT2D eigenvalue weighted by Crippen LogP contribution is -2.52. The lowest BCUT2D eigenvalue weighted by Gasteiger charge is -2.35. The van der Waals surface area contributed by atoms with Gasteiger partial charge in [-0.15, -0.1) is 0 Å². The molecule has 0 aromatic heterocycles. The van der Waals surface area contributed by atoms with Crippen LogP contribution in [-0.4, -0.2) is 67.0 Å². The average molecular weight is 373 g/mol. The molecule has 0 bridgehead atoms. The predicted octanol–water partition coefficient (Wildman–Crippen LogP) is 2.25. The van der Waals surface area contributed by atoms with Gasteiger partial charge in [-0.2, -0.15) is 0 Å². The van der Waals surface area contributed by atoms with Gasteiger partial charge in [-0.1, -0.05) is 32.9 Å². The summed E-state index contributed by atoms with van der Waals surface area (Å²) in [5.41, 5.74) is 2.16. The first-order valence-electron chi connectivity index (χ1n) is 9.86. The molecule has 2 aliphatic heterocycles. The number of hydrogen-bond acceptors (Lipinski definition) is 4. The quantitative estimate of drug-likeness (QED) is 0.879. The van der Waals surface area contributed by atoms with E-state index in [9.17, 15) is 9.59 Å². The third kappa shape index (κ3) is 5.30. The van der Waals surface area contributed by atoms with Crippen molar-refractivity contribution >= 4 is 17.5 Å². The second kappa shape index (κ2) is 8.40. The predicted molar refractivity (Wildman–Crippen MR) is 106 cm³/mol. The highest BCUT2D eigenvalue weighted by Gasteiger charge is 2.30. The van der Waals surface area contributed by atoms with Gasteiger partial charge >= 0.3 is 0 Å². The van der Waals surface area contributed by atoms with Crippen LogP contribution in [0.2, 0.25) is 0 Å². The van der Waals surface area contributed by atoms with E-state index in [1.807, 2.05) is 17.0 Å². The van der Waals surface area contributed by atoms with E-state index in [1.54, 1.807) is 0 Å². The van der Waals surface area contributed by atoms with Crippen LogP contribution >= 0.6 is 0 Å². The van der Waals surface area contributed by atoms with Crippen LogP contribution in [0.25, 0.3) is 0 Å². The van der Waals surface area contributed by atoms with E-state index in [0.717, 1.165) is 31.6 Å². The van der Waals surface area contributed by atoms with Gasteiger partial charge in [-0.25, -0.2) is 0 Å². The Bertz CT molecular complexity index is 652. The smallest absolute Gasteiger partial charge is 0.251 e. The molecule has 2 heterocycles. The first kappa shape index (κ1) is 19.8. The first-order valence-corrected chi connectivity index (χ1v) is 9.86. The van der Waals surface area contributed by atoms with E-state index in [2.05, 4.69) is 43.1 Å². The normalized spacial score (nSPS) is 21.3. The highest BCUT2D eigenvalue weighted by molar-refractivity contribution is 5.92. The van der Waals surface area contributed by atoms with Gasteiger partial charge < -0.3 is 15.0 Å². The van der Waals surface area contributed by atoms with Gasteiger partial charge in [0, 0.05) is 38.5 Å². The summed E-state index contributed by atoms with van der Waals surface area (Å²) in [6.45, 7) is 10.3. The fraction of sp³-hybridized carbons (Fsp3) is 0.619. The van der Waals surface area contributed by atoms with E-state index in [1.165, 1.54) is 5.56 Å². The number of anilines is 1. The van der Waals surface area contributed by atoms with Crippen LogP contribution in [-0.2, 0) is 19.7 Å². The van der Waals surface area contributed by atoms with Crippen molar-refractivity contribution in [3.63, 3.8) is 0 Å². The maximum Gasteiger partial charge on any atom is 0.251 e. The molecule has 1 aromatic rings. The molecule has 1 aromatic carbocycles. The van der Waals surface area contributed by atoms with E-state index >= 15 is 0 Å². The zero-order valence-electron chi connectivity index (χ0n) is 16.7. The van der Waals surface area contributed by atoms with Gasteiger partial charge in [0.15, 0.2) is 0 Å². The number of carbonyl (C=O) groups excluding carboxylic acids is 2. The summed E-state index contributed by atoms with van der Waals surface area (Å²) in [5.74, 6) is 0.0907. The van der Waals surface area contributed by atoms with Crippen molar-refractivity contribution < 1.29 is 14.3 Å². The molecule has 2 aliphatic rings. The topological polar surface area (TPSA) is 61.9 Å². The largest absolute Gasteiger partial charge is 0.368 e. The molecule has 3 rings (SSSR count). The van der Waals surface area contributed by atoms with Crippen LogP contribution in [0.4, 0.5) is 5.69 Å². The van der Waals surface area contributed by atoms with Crippen molar-refractivity contribution in [1.82, 2.24) is 9.80 Å². The van der Waals surface area contributed by atoms with Crippen LogP contribution in [0.5, 0.6) is 0 Å². The number of piperazine rings is 1. The molecule has 0 aliphatic carbocycles. The van der Waals surface area contributed by atoms with Gasteiger partial charge in [0.1, 0.15) is 6.10 Å². The van der Waals surface area contributed by atoms with Crippen LogP contribution in [0.3, 0.4) is 0 Å². The fourth-order valence-corrected chi connectivity index (χ4v) is 3.56. The van der Waals surface area contributed by atoms with Gasteiger partial charge in [0.2, 0.25) is 5.91 Å². The summed E-state index contributed by atoms with van der Waals surface area (Å²) >= 11 is 0. The lowest BCUT2D eigenvalue weighted by molar-refractivity contribution is -0.142. The van der Waals surface area contributed by atoms with Crippen molar-refractivity contribution in [2.45, 2.75) is 45.1 Å². The summed E-state index contributed by atoms with van der Waals surface area (Å²) in [4.78, 5) is 28.7. The molecule has 2 fully saturated rings. The molecule has 0 radical (unpaired) electrons. The second-order valence-corrected chi connectivity index (χ2v) is 8.48. The Balaban J connectivity index is 1.43. The Kier molecular flexibility index (Phi) is 6.17. The maximum atomic E-state index is 12.4. The molecule has 27 heavy (non-hydrogen) atoms. The van der Waals surface area contributed by atoms with E-state index in [-0.39, 0.29) is 23.3 Å². The minimum absolute atomic E-state index is 0.0163. The second-order valence-electron chi connectivity index (χ2n) is 8.48. The van der Waals surface area contributed by atoms with Crippen LogP contribution < -0.4 is 5.32 Å². The SMILES string of the molecule is CC(C)(C)c1ccc(NC(=O)CN2CCN(C(=O)C3CCCO3)CC2)cc1. The molecule has 1 N–H and O–H groups in total. The summed E-state index contributed by atoms with van der Waals surface area (Å²) < 4.78 is 5.49. The molecule has 1 unspecified atom stereocenters. The molecule has 6 heteroatoms. The number of hydrogen-bond donors (Lipinski definition) is 1. The summed E-state index contributed by atoms with van der Waals surface area (Å²) in [7, 11) is 0. The van der Waals surface area contributed by atoms with Gasteiger partial charge in [-0.3, -0.25) is 14.5 Å². The summed E-state index contributed by atoms with van der Waals surface area (Å²) in [5, 5.41) is 2.97. The minimum atomic E-state index is -0.254. The standard InChI is InChI=1S/C21H31N3O3/c1-21(2,3)16-6-8-17(9-7-16)22-19(25)15-23-10-12-24(13-11-23)20(26)18-5-4-14-27-18/h6-9,18H,4-5,10-15H2,1-3H3,(H,22,25). The van der Waals surface area contributed by atoms with Gasteiger partial charge in [-0.05, 0) is 36.0 Å². The Labute approximate surface area is 161 Å². The number of amides is 2. The number of ether oxygens (including phenoxy) is 1. The Morgan fingerprint density at radius 2 is 1.78 bits per heavy atom. The average Bonchev–Trinajstić information content (AvgIpc) is 3.16. The highest BCUT2D eigenvalue weighted by atomic mass is 16.5. The molecule has 2 amide bonds. The van der Waals surface area contributed by atoms with Gasteiger partial charge in [0.05, 0.1) is 6.54 Å². The van der Waals surface area contributed by atoms with E-state index in [4.69, 9.17) is 4.74 Å². The number of nitrogens with zero attached hydrogens (tertiary/aromatic N) is 2. The Morgan fingerprint density at radius 1 is 1.11 bits per heavy atom. The third-order valence-corrected chi connectivity index (χ3v) is 5.29. The fourth-order valence-electron chi connectivity index (χ4n) is 3.56. The number of nitrogens with one attached hydrogen (secondary N) is 1. The van der Waals surface area contributed by atoms with Crippen LogP contribution in [0, 0.1) is 0 Å². The number of rotatable bonds is 4. The van der Waals surface area contributed by atoms with Crippen molar-refractivity contribution in [3.05, 3.63) is 29.8 Å². The first-order chi connectivity index (χ1) is 12.8. The number of benzene rings is 1. The molecule has 148 valence electrons. The third-order valence-electron chi connectivity index (χ3n) is 5.29. The maximum absolute atomic E-state index is 12.4. The Morgan fingerprint density at radius 3 is 2.33 bits per heavy atom. The minimum Gasteiger partial charge on any atom is -0.368 e. The van der Waals surface area contributed by atoms with E-state index in [0.29, 0.717) is 26.2 Å². The molecular weight excluding hydrogens is 342 g/mol. The molecular formula is C21H31N3O3. The van der Waals surface area contributed by atoms with Crippen molar-refractivity contribution in [1.29, 1.82) is 0 Å². The lowest BCUT2D eigenvalue weighted by atomic mass is 9.87. The summed E-state index contributed by atoms with van der Waals surface area (Å²) in [6, 6.07) is 8.03. The molecule has 0 spiro atoms. The van der Waals surface area contributed by atoms with Crippen molar-refractivity contribution in [3.8, 4) is 0 Å². The van der Waals surface area contributed by atoms with Gasteiger partial charge in [0.25, 0.3) is 5.91 Å². The molecule has 6 nitrogen and oxygen atoms in total. The molecule has 1 atom stereocenters. The van der Waals surface area contributed by atoms with Crippen LogP contribution in [0.1, 0.15) is 39.2 Å². The molecule has 0 saturated carbocycles. The summed E-state index contributed by atoms with van der Waals surface area (Å²) in [6.07, 6.45) is 1.54. The number of carbonyl (C=O) groups is 2. The highest BCUT2D eigenvalue weighted by Crippen LogP contribution is 2.23.